The summed E-state index contributed by atoms with van der Waals surface area (Å²) in [4.78, 5) is 23.2. The number of amides is 1. The van der Waals surface area contributed by atoms with E-state index in [0.29, 0.717) is 22.7 Å². The van der Waals surface area contributed by atoms with Gasteiger partial charge >= 0.3 is 12.1 Å². The average Bonchev–Trinajstić information content (AvgIpc) is 3.06. The molecule has 0 aliphatic carbocycles. The van der Waals surface area contributed by atoms with Crippen molar-refractivity contribution in [1.82, 2.24) is 14.6 Å². The van der Waals surface area contributed by atoms with Gasteiger partial charge in [-0.3, -0.25) is 9.72 Å². The molecule has 0 aliphatic rings. The van der Waals surface area contributed by atoms with Gasteiger partial charge in [0.2, 0.25) is 0 Å². The average molecular weight is 340 g/mol. The predicted molar refractivity (Wildman–Crippen MR) is 90.4 cm³/mol. The van der Waals surface area contributed by atoms with Crippen molar-refractivity contribution in [2.45, 2.75) is 6.92 Å². The summed E-state index contributed by atoms with van der Waals surface area (Å²) < 4.78 is 11.3. The Hall–Kier alpha value is -3.42. The van der Waals surface area contributed by atoms with Crippen LogP contribution in [0, 0.1) is 0 Å². The second-order valence-electron chi connectivity index (χ2n) is 5.05. The van der Waals surface area contributed by atoms with Crippen molar-refractivity contribution in [3.63, 3.8) is 0 Å². The number of nitrogens with zero attached hydrogens (tertiary/aromatic N) is 3. The summed E-state index contributed by atoms with van der Waals surface area (Å²) in [6.45, 7) is 2.03. The molecule has 0 unspecified atom stereocenters. The number of nitrogens with one attached hydrogen (secondary N) is 1. The monoisotopic (exact) mass is 340 g/mol. The van der Waals surface area contributed by atoms with Crippen molar-refractivity contribution in [3.8, 4) is 11.4 Å². The van der Waals surface area contributed by atoms with Gasteiger partial charge in [-0.05, 0) is 43.3 Å². The molecule has 8 heteroatoms. The van der Waals surface area contributed by atoms with E-state index in [1.807, 2.05) is 0 Å². The normalized spacial score (nSPS) is 10.5. The van der Waals surface area contributed by atoms with Gasteiger partial charge in [-0.2, -0.15) is 0 Å². The molecule has 128 valence electrons. The molecule has 3 aromatic rings. The molecule has 8 nitrogen and oxygen atoms in total. The van der Waals surface area contributed by atoms with E-state index in [0.717, 1.165) is 5.56 Å². The Morgan fingerprint density at radius 2 is 1.92 bits per heavy atom. The minimum Gasteiger partial charge on any atom is -0.462 e. The number of pyridine rings is 1. The van der Waals surface area contributed by atoms with Crippen LogP contribution < -0.4 is 5.32 Å². The van der Waals surface area contributed by atoms with Crippen molar-refractivity contribution >= 4 is 23.4 Å². The predicted octanol–water partition coefficient (Wildman–Crippen LogP) is 2.75. The first-order chi connectivity index (χ1) is 12.1. The first-order valence-corrected chi connectivity index (χ1v) is 7.60. The number of carbonyl (C=O) groups excluding carboxylic acids is 2. The fourth-order valence-electron chi connectivity index (χ4n) is 2.35. The number of fused-ring (bicyclic) bond motifs is 1. The standard InChI is InChI=1S/C17H16N4O4/c1-3-25-16(22)13-5-4-10-21-14(19-20-15(13)21)11-6-8-12(9-7-11)18-17(23)24-2/h4-10H,3H2,1-2H3,(H,18,23). The van der Waals surface area contributed by atoms with Crippen LogP contribution in [-0.2, 0) is 9.47 Å². The molecule has 0 radical (unpaired) electrons. The molecule has 25 heavy (non-hydrogen) atoms. The molecule has 0 saturated carbocycles. The highest BCUT2D eigenvalue weighted by Gasteiger charge is 2.16. The summed E-state index contributed by atoms with van der Waals surface area (Å²) in [7, 11) is 1.30. The summed E-state index contributed by atoms with van der Waals surface area (Å²) in [6, 6.07) is 10.4. The molecule has 0 fully saturated rings. The number of hydrogen-bond acceptors (Lipinski definition) is 6. The lowest BCUT2D eigenvalue weighted by molar-refractivity contribution is 0.0528. The third kappa shape index (κ3) is 3.27. The molecule has 1 aromatic carbocycles. The number of aromatic nitrogens is 3. The van der Waals surface area contributed by atoms with Gasteiger partial charge in [-0.1, -0.05) is 0 Å². The maximum atomic E-state index is 12.0. The molecule has 2 aromatic heterocycles. The number of anilines is 1. The summed E-state index contributed by atoms with van der Waals surface area (Å²) in [6.07, 6.45) is 1.23. The zero-order valence-corrected chi connectivity index (χ0v) is 13.7. The molecular formula is C17H16N4O4. The minimum atomic E-state index is -0.542. The van der Waals surface area contributed by atoms with Crippen molar-refractivity contribution in [3.05, 3.63) is 48.2 Å². The van der Waals surface area contributed by atoms with E-state index >= 15 is 0 Å². The molecule has 3 rings (SSSR count). The Labute approximate surface area is 143 Å². The third-order valence-corrected chi connectivity index (χ3v) is 3.50. The minimum absolute atomic E-state index is 0.287. The Bertz CT molecular complexity index is 918. The third-order valence-electron chi connectivity index (χ3n) is 3.50. The molecular weight excluding hydrogens is 324 g/mol. The lowest BCUT2D eigenvalue weighted by Gasteiger charge is -2.06. The molecule has 0 bridgehead atoms. The second kappa shape index (κ2) is 7.00. The highest BCUT2D eigenvalue weighted by atomic mass is 16.5. The number of methoxy groups -OCH3 is 1. The van der Waals surface area contributed by atoms with Crippen LogP contribution in [0.15, 0.2) is 42.6 Å². The highest BCUT2D eigenvalue weighted by Crippen LogP contribution is 2.22. The van der Waals surface area contributed by atoms with Crippen LogP contribution >= 0.6 is 0 Å². The van der Waals surface area contributed by atoms with Gasteiger partial charge in [0.1, 0.15) is 5.56 Å². The molecule has 0 saturated heterocycles. The van der Waals surface area contributed by atoms with Gasteiger partial charge in [0.25, 0.3) is 0 Å². The number of hydrogen-bond donors (Lipinski definition) is 1. The lowest BCUT2D eigenvalue weighted by Crippen LogP contribution is -2.10. The highest BCUT2D eigenvalue weighted by molar-refractivity contribution is 5.96. The van der Waals surface area contributed by atoms with E-state index in [1.54, 1.807) is 53.9 Å². The Kier molecular flexibility index (Phi) is 4.60. The van der Waals surface area contributed by atoms with E-state index in [2.05, 4.69) is 20.3 Å². The van der Waals surface area contributed by atoms with Crippen molar-refractivity contribution in [1.29, 1.82) is 0 Å². The van der Waals surface area contributed by atoms with Gasteiger partial charge in [0, 0.05) is 17.4 Å². The van der Waals surface area contributed by atoms with Crippen LogP contribution in [0.5, 0.6) is 0 Å². The van der Waals surface area contributed by atoms with Crippen LogP contribution in [-0.4, -0.2) is 40.4 Å². The number of benzene rings is 1. The van der Waals surface area contributed by atoms with Crippen LogP contribution in [0.4, 0.5) is 10.5 Å². The number of ether oxygens (including phenoxy) is 2. The maximum Gasteiger partial charge on any atom is 0.411 e. The van der Waals surface area contributed by atoms with E-state index < -0.39 is 12.1 Å². The zero-order valence-electron chi connectivity index (χ0n) is 13.7. The van der Waals surface area contributed by atoms with Gasteiger partial charge in [0.05, 0.1) is 13.7 Å². The van der Waals surface area contributed by atoms with E-state index in [1.165, 1.54) is 7.11 Å². The van der Waals surface area contributed by atoms with Gasteiger partial charge < -0.3 is 9.47 Å². The van der Waals surface area contributed by atoms with Gasteiger partial charge in [-0.25, -0.2) is 9.59 Å². The van der Waals surface area contributed by atoms with E-state index in [-0.39, 0.29) is 6.61 Å². The smallest absolute Gasteiger partial charge is 0.411 e. The van der Waals surface area contributed by atoms with Gasteiger partial charge in [0.15, 0.2) is 11.5 Å². The summed E-state index contributed by atoms with van der Waals surface area (Å²) in [5.74, 6) is 0.135. The molecule has 0 spiro atoms. The van der Waals surface area contributed by atoms with Crippen molar-refractivity contribution < 1.29 is 19.1 Å². The fourth-order valence-corrected chi connectivity index (χ4v) is 2.35. The van der Waals surface area contributed by atoms with Crippen molar-refractivity contribution in [2.75, 3.05) is 19.0 Å². The molecule has 0 atom stereocenters. The van der Waals surface area contributed by atoms with E-state index in [4.69, 9.17) is 4.74 Å². The largest absolute Gasteiger partial charge is 0.462 e. The summed E-state index contributed by atoms with van der Waals surface area (Å²) in [5, 5.41) is 10.8. The van der Waals surface area contributed by atoms with Crippen LogP contribution in [0.2, 0.25) is 0 Å². The lowest BCUT2D eigenvalue weighted by atomic mass is 10.2. The maximum absolute atomic E-state index is 12.0. The fraction of sp³-hybridized carbons (Fsp3) is 0.176. The van der Waals surface area contributed by atoms with Gasteiger partial charge in [-0.15, -0.1) is 10.2 Å². The SMILES string of the molecule is CCOC(=O)c1cccn2c(-c3ccc(NC(=O)OC)cc3)nnc12. The molecule has 2 heterocycles. The van der Waals surface area contributed by atoms with Crippen LogP contribution in [0.25, 0.3) is 17.0 Å². The summed E-state index contributed by atoms with van der Waals surface area (Å²) >= 11 is 0. The number of esters is 1. The topological polar surface area (TPSA) is 94.8 Å². The Morgan fingerprint density at radius 3 is 2.60 bits per heavy atom. The molecule has 1 amide bonds. The molecule has 0 aliphatic heterocycles. The quantitative estimate of drug-likeness (QED) is 0.734. The van der Waals surface area contributed by atoms with E-state index in [9.17, 15) is 9.59 Å². The number of rotatable bonds is 4. The first kappa shape index (κ1) is 16.4. The van der Waals surface area contributed by atoms with Crippen molar-refractivity contribution in [2.24, 2.45) is 0 Å². The van der Waals surface area contributed by atoms with Crippen LogP contribution in [0.3, 0.4) is 0 Å². The summed E-state index contributed by atoms with van der Waals surface area (Å²) in [5.41, 5.74) is 2.15. The first-order valence-electron chi connectivity index (χ1n) is 7.60. The Morgan fingerprint density at radius 1 is 1.16 bits per heavy atom. The molecule has 1 N–H and O–H groups in total. The zero-order chi connectivity index (χ0) is 17.8. The Balaban J connectivity index is 1.95. The second-order valence-corrected chi connectivity index (χ2v) is 5.05. The number of carbonyl (C=O) groups is 2. The van der Waals surface area contributed by atoms with Crippen LogP contribution in [0.1, 0.15) is 17.3 Å².